The third-order valence-electron chi connectivity index (χ3n) is 3.59. The van der Waals surface area contributed by atoms with Crippen LogP contribution in [0.3, 0.4) is 0 Å². The molecule has 2 N–H and O–H groups in total. The highest BCUT2D eigenvalue weighted by atomic mass is 16.2. The van der Waals surface area contributed by atoms with E-state index in [0.717, 1.165) is 11.3 Å². The van der Waals surface area contributed by atoms with Crippen molar-refractivity contribution in [3.63, 3.8) is 0 Å². The van der Waals surface area contributed by atoms with Crippen molar-refractivity contribution in [2.75, 3.05) is 5.32 Å². The van der Waals surface area contributed by atoms with Crippen molar-refractivity contribution in [3.8, 4) is 0 Å². The van der Waals surface area contributed by atoms with Crippen LogP contribution in [-0.4, -0.2) is 11.9 Å². The lowest BCUT2D eigenvalue weighted by Gasteiger charge is -2.16. The third kappa shape index (κ3) is 4.62. The zero-order chi connectivity index (χ0) is 16.1. The first-order valence-electron chi connectivity index (χ1n) is 7.62. The van der Waals surface area contributed by atoms with E-state index in [2.05, 4.69) is 61.7 Å². The molecule has 0 saturated heterocycles. The van der Waals surface area contributed by atoms with Crippen LogP contribution in [0.4, 0.5) is 5.69 Å². The van der Waals surface area contributed by atoms with Gasteiger partial charge in [0.25, 0.3) is 0 Å². The van der Waals surface area contributed by atoms with Gasteiger partial charge in [-0.15, -0.1) is 0 Å². The minimum Gasteiger partial charge on any atom is -0.374 e. The van der Waals surface area contributed by atoms with E-state index in [-0.39, 0.29) is 11.9 Å². The summed E-state index contributed by atoms with van der Waals surface area (Å²) in [5.41, 5.74) is 5.69. The zero-order valence-corrected chi connectivity index (χ0v) is 13.7. The lowest BCUT2D eigenvalue weighted by molar-refractivity contribution is -0.121. The van der Waals surface area contributed by atoms with Crippen LogP contribution < -0.4 is 10.6 Å². The first-order valence-corrected chi connectivity index (χ1v) is 7.62. The molecule has 0 aliphatic heterocycles. The molecule has 0 radical (unpaired) electrons. The van der Waals surface area contributed by atoms with Gasteiger partial charge in [-0.25, -0.2) is 0 Å². The van der Waals surface area contributed by atoms with Crippen molar-refractivity contribution < 1.29 is 4.79 Å². The van der Waals surface area contributed by atoms with E-state index < -0.39 is 0 Å². The van der Waals surface area contributed by atoms with Gasteiger partial charge in [0.2, 0.25) is 5.91 Å². The van der Waals surface area contributed by atoms with E-state index in [1.807, 2.05) is 19.1 Å². The summed E-state index contributed by atoms with van der Waals surface area (Å²) in [5.74, 6) is -0.000246. The number of hydrogen-bond acceptors (Lipinski definition) is 2. The second-order valence-corrected chi connectivity index (χ2v) is 5.95. The topological polar surface area (TPSA) is 41.1 Å². The van der Waals surface area contributed by atoms with E-state index >= 15 is 0 Å². The van der Waals surface area contributed by atoms with Crippen LogP contribution in [0.25, 0.3) is 0 Å². The van der Waals surface area contributed by atoms with Crippen LogP contribution in [0, 0.1) is 20.8 Å². The molecule has 3 heteroatoms. The van der Waals surface area contributed by atoms with Crippen LogP contribution in [-0.2, 0) is 11.3 Å². The van der Waals surface area contributed by atoms with Crippen molar-refractivity contribution >= 4 is 11.6 Å². The standard InChI is InChI=1S/C19H24N2O/c1-13-5-7-17(8-6-13)12-20-19(22)16(4)21-18-10-14(2)9-15(3)11-18/h5-11,16,21H,12H2,1-4H3,(H,20,22). The average Bonchev–Trinajstić information content (AvgIpc) is 2.45. The summed E-state index contributed by atoms with van der Waals surface area (Å²) < 4.78 is 0. The third-order valence-corrected chi connectivity index (χ3v) is 3.59. The van der Waals surface area contributed by atoms with Crippen molar-refractivity contribution in [2.24, 2.45) is 0 Å². The van der Waals surface area contributed by atoms with Gasteiger partial charge in [-0.05, 0) is 56.5 Å². The van der Waals surface area contributed by atoms with Crippen molar-refractivity contribution in [2.45, 2.75) is 40.3 Å². The maximum Gasteiger partial charge on any atom is 0.242 e. The SMILES string of the molecule is Cc1ccc(CNC(=O)C(C)Nc2cc(C)cc(C)c2)cc1. The Kier molecular flexibility index (Phi) is 5.21. The summed E-state index contributed by atoms with van der Waals surface area (Å²) in [6, 6.07) is 14.1. The first-order chi connectivity index (χ1) is 10.4. The predicted molar refractivity (Wildman–Crippen MR) is 92.0 cm³/mol. The molecule has 0 aliphatic rings. The molecule has 0 spiro atoms. The fourth-order valence-electron chi connectivity index (χ4n) is 2.42. The minimum atomic E-state index is -0.272. The van der Waals surface area contributed by atoms with E-state index in [9.17, 15) is 4.79 Å². The van der Waals surface area contributed by atoms with Gasteiger partial charge >= 0.3 is 0 Å². The molecule has 2 aromatic rings. The summed E-state index contributed by atoms with van der Waals surface area (Å²) in [5, 5.41) is 6.22. The predicted octanol–water partition coefficient (Wildman–Crippen LogP) is 3.73. The summed E-state index contributed by atoms with van der Waals surface area (Å²) in [6.45, 7) is 8.60. The highest BCUT2D eigenvalue weighted by Gasteiger charge is 2.12. The van der Waals surface area contributed by atoms with E-state index in [0.29, 0.717) is 6.54 Å². The van der Waals surface area contributed by atoms with Crippen molar-refractivity contribution in [3.05, 3.63) is 64.7 Å². The molecule has 0 aliphatic carbocycles. The summed E-state index contributed by atoms with van der Waals surface area (Å²) in [4.78, 5) is 12.2. The highest BCUT2D eigenvalue weighted by molar-refractivity contribution is 5.84. The molecule has 0 fully saturated rings. The lowest BCUT2D eigenvalue weighted by atomic mass is 10.1. The fraction of sp³-hybridized carbons (Fsp3) is 0.316. The van der Waals surface area contributed by atoms with E-state index in [1.54, 1.807) is 0 Å². The Labute approximate surface area is 132 Å². The number of anilines is 1. The molecule has 1 amide bonds. The highest BCUT2D eigenvalue weighted by Crippen LogP contribution is 2.14. The fourth-order valence-corrected chi connectivity index (χ4v) is 2.42. The van der Waals surface area contributed by atoms with Gasteiger partial charge in [0.15, 0.2) is 0 Å². The van der Waals surface area contributed by atoms with Crippen molar-refractivity contribution in [1.82, 2.24) is 5.32 Å². The van der Waals surface area contributed by atoms with Gasteiger partial charge in [-0.1, -0.05) is 35.9 Å². The van der Waals surface area contributed by atoms with Crippen LogP contribution in [0.2, 0.25) is 0 Å². The molecule has 2 rings (SSSR count). The van der Waals surface area contributed by atoms with Crippen LogP contribution in [0.5, 0.6) is 0 Å². The normalized spacial score (nSPS) is 11.8. The molecule has 1 atom stereocenters. The van der Waals surface area contributed by atoms with Crippen molar-refractivity contribution in [1.29, 1.82) is 0 Å². The number of benzene rings is 2. The summed E-state index contributed by atoms with van der Waals surface area (Å²) in [6.07, 6.45) is 0. The number of rotatable bonds is 5. The molecule has 0 heterocycles. The Morgan fingerprint density at radius 2 is 1.55 bits per heavy atom. The quantitative estimate of drug-likeness (QED) is 0.882. The molecule has 0 aromatic heterocycles. The Bertz CT molecular complexity index is 627. The van der Waals surface area contributed by atoms with Gasteiger partial charge in [0.05, 0.1) is 0 Å². The second kappa shape index (κ2) is 7.12. The van der Waals surface area contributed by atoms with Gasteiger partial charge in [-0.2, -0.15) is 0 Å². The maximum atomic E-state index is 12.2. The Balaban J connectivity index is 1.90. The van der Waals surface area contributed by atoms with Crippen LogP contribution in [0.15, 0.2) is 42.5 Å². The summed E-state index contributed by atoms with van der Waals surface area (Å²) >= 11 is 0. The number of hydrogen-bond donors (Lipinski definition) is 2. The van der Waals surface area contributed by atoms with Crippen LogP contribution >= 0.6 is 0 Å². The molecule has 2 aromatic carbocycles. The largest absolute Gasteiger partial charge is 0.374 e. The van der Waals surface area contributed by atoms with Gasteiger partial charge < -0.3 is 10.6 Å². The number of carbonyl (C=O) groups excluding carboxylic acids is 1. The Morgan fingerprint density at radius 3 is 2.14 bits per heavy atom. The number of amides is 1. The monoisotopic (exact) mass is 296 g/mol. The zero-order valence-electron chi connectivity index (χ0n) is 13.7. The molecular weight excluding hydrogens is 272 g/mol. The molecule has 0 saturated carbocycles. The van der Waals surface area contributed by atoms with E-state index in [4.69, 9.17) is 0 Å². The molecule has 22 heavy (non-hydrogen) atoms. The number of carbonyl (C=O) groups is 1. The average molecular weight is 296 g/mol. The van der Waals surface area contributed by atoms with Crippen LogP contribution in [0.1, 0.15) is 29.2 Å². The Hall–Kier alpha value is -2.29. The van der Waals surface area contributed by atoms with Gasteiger partial charge in [-0.3, -0.25) is 4.79 Å². The smallest absolute Gasteiger partial charge is 0.242 e. The van der Waals surface area contributed by atoms with Gasteiger partial charge in [0.1, 0.15) is 6.04 Å². The number of nitrogens with one attached hydrogen (secondary N) is 2. The number of aryl methyl sites for hydroxylation is 3. The summed E-state index contributed by atoms with van der Waals surface area (Å²) in [7, 11) is 0. The molecule has 116 valence electrons. The Morgan fingerprint density at radius 1 is 0.955 bits per heavy atom. The second-order valence-electron chi connectivity index (χ2n) is 5.95. The first kappa shape index (κ1) is 16.1. The molecule has 1 unspecified atom stereocenters. The molecular formula is C19H24N2O. The molecule has 3 nitrogen and oxygen atoms in total. The van der Waals surface area contributed by atoms with Gasteiger partial charge in [0, 0.05) is 12.2 Å². The maximum absolute atomic E-state index is 12.2. The minimum absolute atomic E-state index is 0.000246. The van der Waals surface area contributed by atoms with E-state index in [1.165, 1.54) is 16.7 Å². The lowest BCUT2D eigenvalue weighted by Crippen LogP contribution is -2.37. The molecule has 0 bridgehead atoms.